The molecule has 1 N–H and O–H groups in total. The lowest BCUT2D eigenvalue weighted by Crippen LogP contribution is -2.45. The van der Waals surface area contributed by atoms with E-state index in [-0.39, 0.29) is 17.7 Å². The molecule has 7 heteroatoms. The van der Waals surface area contributed by atoms with Crippen molar-refractivity contribution in [2.75, 3.05) is 13.1 Å². The number of hydrogen-bond donors (Lipinski definition) is 1. The van der Waals surface area contributed by atoms with Crippen LogP contribution in [-0.4, -0.2) is 34.4 Å². The van der Waals surface area contributed by atoms with E-state index in [4.69, 9.17) is 11.6 Å². The number of carbonyl (C=O) groups excluding carboxylic acids is 2. The summed E-state index contributed by atoms with van der Waals surface area (Å²) in [5.41, 5.74) is 2.01. The van der Waals surface area contributed by atoms with E-state index < -0.39 is 0 Å². The normalized spacial score (nSPS) is 16.2. The first-order valence-electron chi connectivity index (χ1n) is 11.1. The highest BCUT2D eigenvalue weighted by Gasteiger charge is 2.29. The van der Waals surface area contributed by atoms with Gasteiger partial charge in [0.05, 0.1) is 16.3 Å². The summed E-state index contributed by atoms with van der Waals surface area (Å²) in [6, 6.07) is 21.6. The first kappa shape index (κ1) is 21.7. The molecule has 0 radical (unpaired) electrons. The molecule has 33 heavy (non-hydrogen) atoms. The molecule has 1 atom stereocenters. The molecule has 3 heterocycles. The summed E-state index contributed by atoms with van der Waals surface area (Å²) in [4.78, 5) is 28.5. The third-order valence-electron chi connectivity index (χ3n) is 6.13. The number of thiophene rings is 1. The van der Waals surface area contributed by atoms with Crippen LogP contribution in [-0.2, 0) is 11.3 Å². The fourth-order valence-electron chi connectivity index (χ4n) is 4.35. The number of likely N-dealkylation sites (tertiary alicyclic amines) is 1. The molecule has 0 spiro atoms. The molecule has 2 aromatic heterocycles. The lowest BCUT2D eigenvalue weighted by Gasteiger charge is -2.31. The Morgan fingerprint density at radius 2 is 1.85 bits per heavy atom. The third-order valence-corrected chi connectivity index (χ3v) is 7.57. The molecular formula is C26H24ClN3O2S. The zero-order valence-electron chi connectivity index (χ0n) is 18.0. The van der Waals surface area contributed by atoms with Crippen molar-refractivity contribution in [3.8, 4) is 5.00 Å². The predicted molar refractivity (Wildman–Crippen MR) is 133 cm³/mol. The van der Waals surface area contributed by atoms with E-state index in [1.165, 1.54) is 16.7 Å². The molecule has 168 valence electrons. The molecule has 1 saturated heterocycles. The maximum atomic E-state index is 13.2. The van der Waals surface area contributed by atoms with Gasteiger partial charge in [-0.15, -0.1) is 11.3 Å². The molecule has 1 fully saturated rings. The lowest BCUT2D eigenvalue weighted by molar-refractivity contribution is -0.126. The van der Waals surface area contributed by atoms with Crippen LogP contribution in [0, 0.1) is 5.92 Å². The van der Waals surface area contributed by atoms with Gasteiger partial charge >= 0.3 is 0 Å². The van der Waals surface area contributed by atoms with Gasteiger partial charge in [0.2, 0.25) is 5.91 Å². The molecule has 2 aromatic carbocycles. The third kappa shape index (κ3) is 4.54. The van der Waals surface area contributed by atoms with Crippen LogP contribution >= 0.6 is 22.9 Å². The van der Waals surface area contributed by atoms with E-state index >= 15 is 0 Å². The van der Waals surface area contributed by atoms with Crippen LogP contribution in [0.5, 0.6) is 0 Å². The highest BCUT2D eigenvalue weighted by molar-refractivity contribution is 7.16. The Hall–Kier alpha value is -3.09. The molecule has 2 amide bonds. The SMILES string of the molecule is O=C(NCc1ccccc1Cl)C1CCCN(C(=O)c2ccc(-n3ccc4ccccc43)s2)C1. The standard InChI is InChI=1S/C26H24ClN3O2S/c27-21-9-3-1-7-19(21)16-28-25(31)20-8-5-14-29(17-20)26(32)23-11-12-24(33-23)30-15-13-18-6-2-4-10-22(18)30/h1-4,6-7,9-13,15,20H,5,8,14,16-17H2,(H,28,31). The number of para-hydroxylation sites is 1. The number of hydrogen-bond acceptors (Lipinski definition) is 3. The van der Waals surface area contributed by atoms with E-state index in [0.717, 1.165) is 28.9 Å². The first-order valence-corrected chi connectivity index (χ1v) is 12.3. The average molecular weight is 478 g/mol. The van der Waals surface area contributed by atoms with Crippen molar-refractivity contribution in [2.45, 2.75) is 19.4 Å². The number of amides is 2. The monoisotopic (exact) mass is 477 g/mol. The fraction of sp³-hybridized carbons (Fsp3) is 0.231. The van der Waals surface area contributed by atoms with Crippen molar-refractivity contribution in [1.29, 1.82) is 0 Å². The number of fused-ring (bicyclic) bond motifs is 1. The van der Waals surface area contributed by atoms with Crippen LogP contribution in [0.1, 0.15) is 28.1 Å². The predicted octanol–water partition coefficient (Wildman–Crippen LogP) is 5.51. The highest BCUT2D eigenvalue weighted by atomic mass is 35.5. The number of carbonyl (C=O) groups is 2. The topological polar surface area (TPSA) is 54.3 Å². The van der Waals surface area contributed by atoms with Gasteiger partial charge in [0, 0.05) is 30.9 Å². The molecular weight excluding hydrogens is 454 g/mol. The average Bonchev–Trinajstić information content (AvgIpc) is 3.50. The summed E-state index contributed by atoms with van der Waals surface area (Å²) in [6.45, 7) is 1.50. The summed E-state index contributed by atoms with van der Waals surface area (Å²) in [5.74, 6) is -0.248. The molecule has 0 bridgehead atoms. The van der Waals surface area contributed by atoms with E-state index in [1.54, 1.807) is 0 Å². The number of nitrogens with zero attached hydrogens (tertiary/aromatic N) is 2. The molecule has 4 aromatic rings. The van der Waals surface area contributed by atoms with Crippen molar-refractivity contribution in [2.24, 2.45) is 5.92 Å². The Kier molecular flexibility index (Phi) is 6.20. The van der Waals surface area contributed by atoms with Gasteiger partial charge < -0.3 is 14.8 Å². The van der Waals surface area contributed by atoms with Gasteiger partial charge in [0.25, 0.3) is 5.91 Å². The summed E-state index contributed by atoms with van der Waals surface area (Å²) >= 11 is 7.67. The van der Waals surface area contributed by atoms with Gasteiger partial charge in [0.15, 0.2) is 0 Å². The highest BCUT2D eigenvalue weighted by Crippen LogP contribution is 2.28. The maximum absolute atomic E-state index is 13.2. The van der Waals surface area contributed by atoms with Crippen LogP contribution in [0.3, 0.4) is 0 Å². The zero-order valence-corrected chi connectivity index (χ0v) is 19.6. The minimum absolute atomic E-state index is 0.00804. The number of rotatable bonds is 5. The Labute approximate surface area is 201 Å². The van der Waals surface area contributed by atoms with E-state index in [2.05, 4.69) is 28.1 Å². The van der Waals surface area contributed by atoms with Crippen LogP contribution in [0.25, 0.3) is 15.9 Å². The van der Waals surface area contributed by atoms with Crippen LogP contribution < -0.4 is 5.32 Å². The number of piperidine rings is 1. The Morgan fingerprint density at radius 1 is 1.03 bits per heavy atom. The number of halogens is 1. The molecule has 1 unspecified atom stereocenters. The minimum Gasteiger partial charge on any atom is -0.352 e. The van der Waals surface area contributed by atoms with Crippen molar-refractivity contribution in [1.82, 2.24) is 14.8 Å². The maximum Gasteiger partial charge on any atom is 0.264 e. The zero-order chi connectivity index (χ0) is 22.8. The number of aromatic nitrogens is 1. The molecule has 5 nitrogen and oxygen atoms in total. The van der Waals surface area contributed by atoms with Crippen LogP contribution in [0.2, 0.25) is 5.02 Å². The number of nitrogens with one attached hydrogen (secondary N) is 1. The van der Waals surface area contributed by atoms with Crippen LogP contribution in [0.4, 0.5) is 0 Å². The summed E-state index contributed by atoms with van der Waals surface area (Å²) in [5, 5.41) is 5.80. The summed E-state index contributed by atoms with van der Waals surface area (Å²) < 4.78 is 2.11. The smallest absolute Gasteiger partial charge is 0.264 e. The molecule has 0 saturated carbocycles. The van der Waals surface area contributed by atoms with Gasteiger partial charge in [-0.05, 0) is 54.1 Å². The van der Waals surface area contributed by atoms with Gasteiger partial charge in [-0.1, -0.05) is 48.0 Å². The second kappa shape index (κ2) is 9.41. The van der Waals surface area contributed by atoms with Crippen molar-refractivity contribution >= 4 is 45.7 Å². The Balaban J connectivity index is 1.25. The van der Waals surface area contributed by atoms with E-state index in [0.29, 0.717) is 29.5 Å². The summed E-state index contributed by atoms with van der Waals surface area (Å²) in [6.07, 6.45) is 3.63. The van der Waals surface area contributed by atoms with Gasteiger partial charge in [0.1, 0.15) is 5.00 Å². The molecule has 1 aliphatic rings. The second-order valence-electron chi connectivity index (χ2n) is 8.28. The van der Waals surface area contributed by atoms with Gasteiger partial charge in [-0.3, -0.25) is 9.59 Å². The Morgan fingerprint density at radius 3 is 2.73 bits per heavy atom. The van der Waals surface area contributed by atoms with E-state index in [9.17, 15) is 9.59 Å². The first-order chi connectivity index (χ1) is 16.1. The van der Waals surface area contributed by atoms with E-state index in [1.807, 2.05) is 59.6 Å². The number of benzene rings is 2. The van der Waals surface area contributed by atoms with Crippen molar-refractivity contribution in [3.63, 3.8) is 0 Å². The Bertz CT molecular complexity index is 1310. The van der Waals surface area contributed by atoms with Crippen molar-refractivity contribution in [3.05, 3.63) is 88.4 Å². The molecule has 0 aliphatic carbocycles. The largest absolute Gasteiger partial charge is 0.352 e. The van der Waals surface area contributed by atoms with Gasteiger partial charge in [-0.2, -0.15) is 0 Å². The summed E-state index contributed by atoms with van der Waals surface area (Å²) in [7, 11) is 0. The fourth-order valence-corrected chi connectivity index (χ4v) is 5.52. The van der Waals surface area contributed by atoms with Gasteiger partial charge in [-0.25, -0.2) is 0 Å². The molecule has 5 rings (SSSR count). The second-order valence-corrected chi connectivity index (χ2v) is 9.75. The minimum atomic E-state index is -0.210. The lowest BCUT2D eigenvalue weighted by atomic mass is 9.97. The quantitative estimate of drug-likeness (QED) is 0.412. The molecule has 1 aliphatic heterocycles. The van der Waals surface area contributed by atoms with Crippen molar-refractivity contribution < 1.29 is 9.59 Å². The van der Waals surface area contributed by atoms with Crippen LogP contribution in [0.15, 0.2) is 72.9 Å².